The van der Waals surface area contributed by atoms with E-state index in [2.05, 4.69) is 10.6 Å². The molecule has 0 unspecified atom stereocenters. The number of morpholine rings is 1. The van der Waals surface area contributed by atoms with Gasteiger partial charge in [-0.2, -0.15) is 0 Å². The van der Waals surface area contributed by atoms with Crippen LogP contribution in [0.4, 0.5) is 5.69 Å². The average Bonchev–Trinajstić information content (AvgIpc) is 2.62. The molecule has 0 bridgehead atoms. The lowest BCUT2D eigenvalue weighted by molar-refractivity contribution is -0.136. The summed E-state index contributed by atoms with van der Waals surface area (Å²) < 4.78 is 5.25. The fourth-order valence-electron chi connectivity index (χ4n) is 2.37. The quantitative estimate of drug-likeness (QED) is 0.718. The maximum Gasteiger partial charge on any atom is 0.313 e. The Hall–Kier alpha value is -2.45. The van der Waals surface area contributed by atoms with E-state index < -0.39 is 11.8 Å². The molecule has 0 aromatic heterocycles. The number of ether oxygens (including phenoxy) is 1. The standard InChI is InChI=1S/C17H24N4O4/c1-20(2)8-7-18-15(22)16(23)19-14-6-4-3-5-13(14)17(24)21-9-11-25-12-10-21/h3-6H,7-12H2,1-2H3,(H,18,22)(H,19,23). The van der Waals surface area contributed by atoms with Gasteiger partial charge in [-0.25, -0.2) is 0 Å². The molecule has 8 heteroatoms. The molecule has 25 heavy (non-hydrogen) atoms. The van der Waals surface area contributed by atoms with Crippen molar-refractivity contribution in [2.45, 2.75) is 0 Å². The van der Waals surface area contributed by atoms with Crippen molar-refractivity contribution in [3.8, 4) is 0 Å². The summed E-state index contributed by atoms with van der Waals surface area (Å²) in [6.45, 7) is 3.00. The number of hydrogen-bond acceptors (Lipinski definition) is 5. The lowest BCUT2D eigenvalue weighted by Gasteiger charge is -2.27. The number of para-hydroxylation sites is 1. The SMILES string of the molecule is CN(C)CCNC(=O)C(=O)Nc1ccccc1C(=O)N1CCOCC1. The molecule has 2 rings (SSSR count). The molecule has 3 amide bonds. The Balaban J connectivity index is 2.00. The van der Waals surface area contributed by atoms with Gasteiger partial charge < -0.3 is 25.2 Å². The first kappa shape index (κ1) is 18.9. The van der Waals surface area contributed by atoms with Gasteiger partial charge >= 0.3 is 11.8 Å². The molecular weight excluding hydrogens is 324 g/mol. The molecule has 1 heterocycles. The number of carbonyl (C=O) groups excluding carboxylic acids is 3. The third kappa shape index (κ3) is 5.54. The van der Waals surface area contributed by atoms with Crippen LogP contribution in [-0.2, 0) is 14.3 Å². The van der Waals surface area contributed by atoms with Crippen molar-refractivity contribution in [2.75, 3.05) is 58.8 Å². The van der Waals surface area contributed by atoms with E-state index >= 15 is 0 Å². The largest absolute Gasteiger partial charge is 0.378 e. The molecule has 8 nitrogen and oxygen atoms in total. The van der Waals surface area contributed by atoms with Crippen LogP contribution in [0.1, 0.15) is 10.4 Å². The molecule has 1 aliphatic rings. The van der Waals surface area contributed by atoms with Gasteiger partial charge in [0.15, 0.2) is 0 Å². The second-order valence-electron chi connectivity index (χ2n) is 5.96. The summed E-state index contributed by atoms with van der Waals surface area (Å²) in [6, 6.07) is 6.67. The van der Waals surface area contributed by atoms with E-state index in [1.807, 2.05) is 19.0 Å². The highest BCUT2D eigenvalue weighted by molar-refractivity contribution is 6.40. The highest BCUT2D eigenvalue weighted by Crippen LogP contribution is 2.18. The smallest absolute Gasteiger partial charge is 0.313 e. The monoisotopic (exact) mass is 348 g/mol. The van der Waals surface area contributed by atoms with E-state index in [0.29, 0.717) is 50.6 Å². The highest BCUT2D eigenvalue weighted by Gasteiger charge is 2.22. The van der Waals surface area contributed by atoms with Crippen molar-refractivity contribution >= 4 is 23.4 Å². The number of rotatable bonds is 5. The molecule has 1 saturated heterocycles. The van der Waals surface area contributed by atoms with Crippen LogP contribution < -0.4 is 10.6 Å². The van der Waals surface area contributed by atoms with E-state index in [0.717, 1.165) is 0 Å². The van der Waals surface area contributed by atoms with Gasteiger partial charge in [0.2, 0.25) is 0 Å². The van der Waals surface area contributed by atoms with Gasteiger partial charge in [0.1, 0.15) is 0 Å². The molecule has 1 aliphatic heterocycles. The van der Waals surface area contributed by atoms with Gasteiger partial charge in [-0.05, 0) is 26.2 Å². The van der Waals surface area contributed by atoms with Crippen molar-refractivity contribution in [3.05, 3.63) is 29.8 Å². The first-order valence-electron chi connectivity index (χ1n) is 8.19. The number of carbonyl (C=O) groups is 3. The lowest BCUT2D eigenvalue weighted by Crippen LogP contribution is -2.41. The lowest BCUT2D eigenvalue weighted by atomic mass is 10.1. The topological polar surface area (TPSA) is 91.0 Å². The van der Waals surface area contributed by atoms with Crippen molar-refractivity contribution in [3.63, 3.8) is 0 Å². The highest BCUT2D eigenvalue weighted by atomic mass is 16.5. The van der Waals surface area contributed by atoms with E-state index in [1.54, 1.807) is 29.2 Å². The number of nitrogens with one attached hydrogen (secondary N) is 2. The zero-order valence-corrected chi connectivity index (χ0v) is 14.6. The van der Waals surface area contributed by atoms with Gasteiger partial charge in [-0.15, -0.1) is 0 Å². The Labute approximate surface area is 147 Å². The zero-order valence-electron chi connectivity index (χ0n) is 14.6. The molecule has 0 radical (unpaired) electrons. The number of hydrogen-bond donors (Lipinski definition) is 2. The molecule has 1 aromatic carbocycles. The predicted octanol–water partition coefficient (Wildman–Crippen LogP) is -0.225. The summed E-state index contributed by atoms with van der Waals surface area (Å²) in [5.74, 6) is -1.70. The third-order valence-corrected chi connectivity index (χ3v) is 3.75. The Morgan fingerprint density at radius 3 is 2.48 bits per heavy atom. The van der Waals surface area contributed by atoms with Gasteiger partial charge in [-0.1, -0.05) is 12.1 Å². The normalized spacial score (nSPS) is 14.3. The third-order valence-electron chi connectivity index (χ3n) is 3.75. The molecule has 0 atom stereocenters. The maximum atomic E-state index is 12.6. The summed E-state index contributed by atoms with van der Waals surface area (Å²) in [5.41, 5.74) is 0.686. The van der Waals surface area contributed by atoms with Gasteiger partial charge in [0, 0.05) is 26.2 Å². The molecule has 0 aliphatic carbocycles. The summed E-state index contributed by atoms with van der Waals surface area (Å²) in [5, 5.41) is 5.07. The number of amides is 3. The van der Waals surface area contributed by atoms with Crippen LogP contribution in [0, 0.1) is 0 Å². The Morgan fingerprint density at radius 1 is 1.12 bits per heavy atom. The van der Waals surface area contributed by atoms with E-state index in [9.17, 15) is 14.4 Å². The Kier molecular flexibility index (Phi) is 6.91. The Morgan fingerprint density at radius 2 is 1.80 bits per heavy atom. The van der Waals surface area contributed by atoms with Crippen molar-refractivity contribution in [1.29, 1.82) is 0 Å². The van der Waals surface area contributed by atoms with Crippen LogP contribution >= 0.6 is 0 Å². The second-order valence-corrected chi connectivity index (χ2v) is 5.96. The summed E-state index contributed by atoms with van der Waals surface area (Å²) in [6.07, 6.45) is 0. The van der Waals surface area contributed by atoms with E-state index in [-0.39, 0.29) is 5.91 Å². The van der Waals surface area contributed by atoms with Crippen LogP contribution in [0.2, 0.25) is 0 Å². The van der Waals surface area contributed by atoms with Gasteiger partial charge in [0.25, 0.3) is 5.91 Å². The Bertz CT molecular complexity index is 627. The van der Waals surface area contributed by atoms with Gasteiger partial charge in [0.05, 0.1) is 24.5 Å². The first-order valence-corrected chi connectivity index (χ1v) is 8.19. The number of benzene rings is 1. The van der Waals surface area contributed by atoms with E-state index in [1.165, 1.54) is 0 Å². The van der Waals surface area contributed by atoms with Crippen molar-refractivity contribution in [2.24, 2.45) is 0 Å². The maximum absolute atomic E-state index is 12.6. The van der Waals surface area contributed by atoms with Crippen LogP contribution in [0.25, 0.3) is 0 Å². The summed E-state index contributed by atoms with van der Waals surface area (Å²) >= 11 is 0. The first-order chi connectivity index (χ1) is 12.0. The minimum Gasteiger partial charge on any atom is -0.378 e. The van der Waals surface area contributed by atoms with Crippen LogP contribution in [-0.4, -0.2) is 81.0 Å². The summed E-state index contributed by atoms with van der Waals surface area (Å²) in [7, 11) is 3.75. The molecule has 0 spiro atoms. The molecule has 1 aromatic rings. The van der Waals surface area contributed by atoms with Crippen molar-refractivity contribution in [1.82, 2.24) is 15.1 Å². The molecule has 0 saturated carbocycles. The van der Waals surface area contributed by atoms with Crippen LogP contribution in [0.15, 0.2) is 24.3 Å². The molecule has 2 N–H and O–H groups in total. The average molecular weight is 348 g/mol. The van der Waals surface area contributed by atoms with Crippen molar-refractivity contribution < 1.29 is 19.1 Å². The minimum absolute atomic E-state index is 0.188. The minimum atomic E-state index is -0.791. The molecule has 136 valence electrons. The number of anilines is 1. The van der Waals surface area contributed by atoms with Gasteiger partial charge in [-0.3, -0.25) is 14.4 Å². The van der Waals surface area contributed by atoms with E-state index in [4.69, 9.17) is 4.74 Å². The summed E-state index contributed by atoms with van der Waals surface area (Å²) in [4.78, 5) is 40.1. The molecule has 1 fully saturated rings. The van der Waals surface area contributed by atoms with Crippen LogP contribution in [0.3, 0.4) is 0 Å². The zero-order chi connectivity index (χ0) is 18.2. The molecular formula is C17H24N4O4. The second kappa shape index (κ2) is 9.14. The van der Waals surface area contributed by atoms with Crippen LogP contribution in [0.5, 0.6) is 0 Å². The fourth-order valence-corrected chi connectivity index (χ4v) is 2.37. The predicted molar refractivity (Wildman–Crippen MR) is 93.4 cm³/mol. The number of likely N-dealkylation sites (N-methyl/N-ethyl adjacent to an activating group) is 1. The fraction of sp³-hybridized carbons (Fsp3) is 0.471. The number of nitrogens with zero attached hydrogens (tertiary/aromatic N) is 2.